The van der Waals surface area contributed by atoms with E-state index in [4.69, 9.17) is 9.47 Å². The first-order valence-corrected chi connectivity index (χ1v) is 8.29. The average molecular weight is 329 g/mol. The molecule has 0 saturated carbocycles. The molecule has 2 heterocycles. The zero-order valence-corrected chi connectivity index (χ0v) is 14.1. The van der Waals surface area contributed by atoms with Gasteiger partial charge in [-0.3, -0.25) is 4.79 Å². The Balaban J connectivity index is 1.42. The molecule has 0 saturated heterocycles. The van der Waals surface area contributed by atoms with E-state index in [0.717, 1.165) is 30.1 Å². The second-order valence-corrected chi connectivity index (χ2v) is 6.20. The van der Waals surface area contributed by atoms with Crippen molar-refractivity contribution in [3.63, 3.8) is 0 Å². The number of benzene rings is 1. The Labute approximate surface area is 141 Å². The second kappa shape index (κ2) is 7.38. The summed E-state index contributed by atoms with van der Waals surface area (Å²) in [5.41, 5.74) is 0.924. The lowest BCUT2D eigenvalue weighted by atomic mass is 10.1. The molecule has 1 aromatic heterocycles. The van der Waals surface area contributed by atoms with Gasteiger partial charge in [0.25, 0.3) is 0 Å². The van der Waals surface area contributed by atoms with Crippen molar-refractivity contribution in [2.45, 2.75) is 39.2 Å². The van der Waals surface area contributed by atoms with Crippen molar-refractivity contribution in [2.24, 2.45) is 0 Å². The topological polar surface area (TPSA) is 65.4 Å². The highest BCUT2D eigenvalue weighted by molar-refractivity contribution is 5.78. The van der Waals surface area contributed by atoms with Crippen LogP contribution >= 0.6 is 0 Å². The maximum Gasteiger partial charge on any atom is 0.231 e. The summed E-state index contributed by atoms with van der Waals surface area (Å²) in [5.74, 6) is 2.95. The van der Waals surface area contributed by atoms with Gasteiger partial charge in [0.2, 0.25) is 12.7 Å². The highest BCUT2D eigenvalue weighted by atomic mass is 16.7. The molecule has 0 aliphatic carbocycles. The summed E-state index contributed by atoms with van der Waals surface area (Å²) < 4.78 is 12.7. The van der Waals surface area contributed by atoms with Crippen molar-refractivity contribution in [2.75, 3.05) is 13.3 Å². The molecule has 0 atom stereocenters. The molecule has 0 spiro atoms. The van der Waals surface area contributed by atoms with Crippen molar-refractivity contribution in [3.8, 4) is 11.5 Å². The summed E-state index contributed by atoms with van der Waals surface area (Å²) in [5, 5.41) is 2.97. The van der Waals surface area contributed by atoms with Gasteiger partial charge in [0, 0.05) is 31.4 Å². The molecule has 24 heavy (non-hydrogen) atoms. The van der Waals surface area contributed by atoms with Crippen molar-refractivity contribution in [3.05, 3.63) is 42.0 Å². The number of nitrogens with zero attached hydrogens (tertiary/aromatic N) is 2. The third kappa shape index (κ3) is 3.88. The minimum Gasteiger partial charge on any atom is -0.454 e. The van der Waals surface area contributed by atoms with Crippen LogP contribution in [0.25, 0.3) is 0 Å². The molecule has 1 aliphatic rings. The number of aryl methyl sites for hydroxylation is 1. The van der Waals surface area contributed by atoms with E-state index >= 15 is 0 Å². The Morgan fingerprint density at radius 2 is 2.17 bits per heavy atom. The summed E-state index contributed by atoms with van der Waals surface area (Å²) in [7, 11) is 0. The van der Waals surface area contributed by atoms with Crippen molar-refractivity contribution < 1.29 is 14.3 Å². The molecule has 1 N–H and O–H groups in total. The first-order chi connectivity index (χ1) is 11.6. The Morgan fingerprint density at radius 1 is 1.33 bits per heavy atom. The number of nitrogens with one attached hydrogen (secondary N) is 1. The third-order valence-corrected chi connectivity index (χ3v) is 3.96. The molecule has 128 valence electrons. The zero-order valence-electron chi connectivity index (χ0n) is 14.1. The van der Waals surface area contributed by atoms with Crippen LogP contribution in [0.4, 0.5) is 0 Å². The van der Waals surface area contributed by atoms with Crippen LogP contribution in [0.3, 0.4) is 0 Å². The van der Waals surface area contributed by atoms with Crippen LogP contribution in [0.2, 0.25) is 0 Å². The Morgan fingerprint density at radius 3 is 3.00 bits per heavy atom. The molecule has 3 rings (SSSR count). The fourth-order valence-electron chi connectivity index (χ4n) is 2.79. The Kier molecular flexibility index (Phi) is 5.03. The van der Waals surface area contributed by atoms with E-state index in [1.807, 2.05) is 30.6 Å². The highest BCUT2D eigenvalue weighted by Gasteiger charge is 2.14. The van der Waals surface area contributed by atoms with Crippen LogP contribution in [0.5, 0.6) is 11.5 Å². The summed E-state index contributed by atoms with van der Waals surface area (Å²) in [6.07, 6.45) is 5.04. The minimum atomic E-state index is 0.0172. The maximum absolute atomic E-state index is 12.0. The van der Waals surface area contributed by atoms with E-state index in [-0.39, 0.29) is 12.7 Å². The van der Waals surface area contributed by atoms with E-state index in [1.54, 1.807) is 0 Å². The average Bonchev–Trinajstić information content (AvgIpc) is 3.20. The van der Waals surface area contributed by atoms with Gasteiger partial charge in [-0.25, -0.2) is 4.98 Å². The van der Waals surface area contributed by atoms with Gasteiger partial charge in [0.15, 0.2) is 11.5 Å². The third-order valence-electron chi connectivity index (χ3n) is 3.96. The van der Waals surface area contributed by atoms with E-state index in [1.165, 1.54) is 0 Å². The molecule has 0 fully saturated rings. The van der Waals surface area contributed by atoms with E-state index in [0.29, 0.717) is 24.6 Å². The Bertz CT molecular complexity index is 709. The van der Waals surface area contributed by atoms with Gasteiger partial charge in [-0.05, 0) is 24.1 Å². The monoisotopic (exact) mass is 329 g/mol. The largest absolute Gasteiger partial charge is 0.454 e. The smallest absolute Gasteiger partial charge is 0.231 e. The summed E-state index contributed by atoms with van der Waals surface area (Å²) in [4.78, 5) is 16.4. The molecule has 2 aromatic rings. The SMILES string of the molecule is CC(C)c1nccn1CCCNC(=O)Cc1ccc2c(c1)OCO2. The number of ether oxygens (including phenoxy) is 2. The molecule has 0 radical (unpaired) electrons. The molecule has 0 bridgehead atoms. The number of fused-ring (bicyclic) bond motifs is 1. The lowest BCUT2D eigenvalue weighted by Crippen LogP contribution is -2.26. The van der Waals surface area contributed by atoms with Crippen molar-refractivity contribution in [1.29, 1.82) is 0 Å². The quantitative estimate of drug-likeness (QED) is 0.793. The predicted octanol–water partition coefficient (Wildman–Crippen LogP) is 2.48. The van der Waals surface area contributed by atoms with Crippen molar-refractivity contribution >= 4 is 5.91 Å². The zero-order chi connectivity index (χ0) is 16.9. The summed E-state index contributed by atoms with van der Waals surface area (Å²) in [6, 6.07) is 5.60. The van der Waals surface area contributed by atoms with Gasteiger partial charge in [-0.2, -0.15) is 0 Å². The van der Waals surface area contributed by atoms with Gasteiger partial charge in [-0.1, -0.05) is 19.9 Å². The van der Waals surface area contributed by atoms with E-state index < -0.39 is 0 Å². The molecule has 6 nitrogen and oxygen atoms in total. The van der Waals surface area contributed by atoms with Gasteiger partial charge >= 0.3 is 0 Å². The number of rotatable bonds is 7. The van der Waals surface area contributed by atoms with Crippen LogP contribution in [0, 0.1) is 0 Å². The van der Waals surface area contributed by atoms with Gasteiger partial charge in [0.1, 0.15) is 5.82 Å². The van der Waals surface area contributed by atoms with Crippen LogP contribution in [-0.2, 0) is 17.8 Å². The normalized spacial score (nSPS) is 12.6. The Hall–Kier alpha value is -2.50. The lowest BCUT2D eigenvalue weighted by Gasteiger charge is -2.11. The molecule has 1 aliphatic heterocycles. The van der Waals surface area contributed by atoms with Crippen LogP contribution in [-0.4, -0.2) is 28.8 Å². The van der Waals surface area contributed by atoms with Crippen LogP contribution in [0.15, 0.2) is 30.6 Å². The summed E-state index contributed by atoms with van der Waals surface area (Å²) >= 11 is 0. The number of imidazole rings is 1. The van der Waals surface area contributed by atoms with Crippen LogP contribution in [0.1, 0.15) is 37.6 Å². The fraction of sp³-hybridized carbons (Fsp3) is 0.444. The minimum absolute atomic E-state index is 0.0172. The summed E-state index contributed by atoms with van der Waals surface area (Å²) in [6.45, 7) is 6.02. The first kappa shape index (κ1) is 16.4. The first-order valence-electron chi connectivity index (χ1n) is 8.29. The highest BCUT2D eigenvalue weighted by Crippen LogP contribution is 2.32. The molecular formula is C18H23N3O3. The van der Waals surface area contributed by atoms with Gasteiger partial charge in [0.05, 0.1) is 6.42 Å². The standard InChI is InChI=1S/C18H23N3O3/c1-13(2)18-20-7-9-21(18)8-3-6-19-17(22)11-14-4-5-15-16(10-14)24-12-23-15/h4-5,7,9-10,13H,3,6,8,11-12H2,1-2H3,(H,19,22). The number of hydrogen-bond acceptors (Lipinski definition) is 4. The predicted molar refractivity (Wildman–Crippen MR) is 90.2 cm³/mol. The molecule has 6 heteroatoms. The van der Waals surface area contributed by atoms with Crippen LogP contribution < -0.4 is 14.8 Å². The number of amides is 1. The lowest BCUT2D eigenvalue weighted by molar-refractivity contribution is -0.120. The van der Waals surface area contributed by atoms with Gasteiger partial charge < -0.3 is 19.4 Å². The fourth-order valence-corrected chi connectivity index (χ4v) is 2.79. The number of aromatic nitrogens is 2. The van der Waals surface area contributed by atoms with E-state index in [2.05, 4.69) is 28.7 Å². The van der Waals surface area contributed by atoms with Gasteiger partial charge in [-0.15, -0.1) is 0 Å². The second-order valence-electron chi connectivity index (χ2n) is 6.20. The number of carbonyl (C=O) groups is 1. The van der Waals surface area contributed by atoms with Crippen molar-refractivity contribution in [1.82, 2.24) is 14.9 Å². The number of carbonyl (C=O) groups excluding carboxylic acids is 1. The number of hydrogen-bond donors (Lipinski definition) is 1. The molecular weight excluding hydrogens is 306 g/mol. The molecule has 0 unspecified atom stereocenters. The van der Waals surface area contributed by atoms with E-state index in [9.17, 15) is 4.79 Å². The maximum atomic E-state index is 12.0. The molecule has 1 amide bonds. The molecule has 1 aromatic carbocycles.